The quantitative estimate of drug-likeness (QED) is 0.448. The molecule has 0 atom stereocenters. The Morgan fingerprint density at radius 3 is 2.60 bits per heavy atom. The summed E-state index contributed by atoms with van der Waals surface area (Å²) in [6.07, 6.45) is 1.81. The summed E-state index contributed by atoms with van der Waals surface area (Å²) >= 11 is 4.84. The first-order valence-electron chi connectivity index (χ1n) is 9.73. The van der Waals surface area contributed by atoms with Crippen LogP contribution in [0.15, 0.2) is 56.8 Å². The third-order valence-electron chi connectivity index (χ3n) is 4.32. The molecule has 0 aromatic heterocycles. The Labute approximate surface area is 189 Å². The number of rotatable bonds is 6. The van der Waals surface area contributed by atoms with Crippen LogP contribution in [0.2, 0.25) is 0 Å². The molecule has 1 amide bonds. The molecule has 2 aromatic rings. The summed E-state index contributed by atoms with van der Waals surface area (Å²) in [5.74, 6) is 0.195. The molecule has 0 saturated carbocycles. The molecular formula is C23H24BrFN2O2S. The summed E-state index contributed by atoms with van der Waals surface area (Å²) in [5.41, 5.74) is 1.22. The van der Waals surface area contributed by atoms with Crippen LogP contribution < -0.4 is 4.74 Å². The molecule has 158 valence electrons. The molecule has 1 heterocycles. The van der Waals surface area contributed by atoms with E-state index in [2.05, 4.69) is 20.9 Å². The minimum absolute atomic E-state index is 0.00712. The van der Waals surface area contributed by atoms with Crippen molar-refractivity contribution in [3.8, 4) is 5.75 Å². The molecule has 2 aromatic carbocycles. The van der Waals surface area contributed by atoms with E-state index in [1.807, 2.05) is 52.0 Å². The van der Waals surface area contributed by atoms with Crippen molar-refractivity contribution in [3.63, 3.8) is 0 Å². The number of halogens is 2. The van der Waals surface area contributed by atoms with Crippen LogP contribution >= 0.6 is 27.7 Å². The number of amidine groups is 1. The van der Waals surface area contributed by atoms with Gasteiger partial charge in [0, 0.05) is 27.7 Å². The fraction of sp³-hybridized carbons (Fsp3) is 0.304. The van der Waals surface area contributed by atoms with Crippen molar-refractivity contribution in [3.05, 3.63) is 68.8 Å². The van der Waals surface area contributed by atoms with Crippen molar-refractivity contribution in [2.75, 3.05) is 0 Å². The van der Waals surface area contributed by atoms with E-state index in [0.717, 1.165) is 10.0 Å². The maximum Gasteiger partial charge on any atom is 0.266 e. The Hall–Kier alpha value is -2.12. The first-order valence-corrected chi connectivity index (χ1v) is 11.3. The molecule has 0 N–H and O–H groups in total. The van der Waals surface area contributed by atoms with Gasteiger partial charge in [-0.3, -0.25) is 14.7 Å². The molecular weight excluding hydrogens is 467 g/mol. The van der Waals surface area contributed by atoms with E-state index in [4.69, 9.17) is 4.74 Å². The van der Waals surface area contributed by atoms with Crippen LogP contribution in [-0.4, -0.2) is 28.1 Å². The smallest absolute Gasteiger partial charge is 0.266 e. The first kappa shape index (κ1) is 22.6. The molecule has 0 radical (unpaired) electrons. The minimum Gasteiger partial charge on any atom is -0.488 e. The van der Waals surface area contributed by atoms with Crippen molar-refractivity contribution in [1.29, 1.82) is 0 Å². The third kappa shape index (κ3) is 5.32. The fourth-order valence-electron chi connectivity index (χ4n) is 2.93. The van der Waals surface area contributed by atoms with Gasteiger partial charge in [0.25, 0.3) is 5.91 Å². The Morgan fingerprint density at radius 2 is 1.93 bits per heavy atom. The predicted molar refractivity (Wildman–Crippen MR) is 125 cm³/mol. The second-order valence-electron chi connectivity index (χ2n) is 7.45. The number of nitrogens with zero attached hydrogens (tertiary/aromatic N) is 2. The Morgan fingerprint density at radius 1 is 1.20 bits per heavy atom. The van der Waals surface area contributed by atoms with Crippen LogP contribution in [0.1, 0.15) is 38.8 Å². The summed E-state index contributed by atoms with van der Waals surface area (Å²) in [4.78, 5) is 19.9. The highest BCUT2D eigenvalue weighted by atomic mass is 79.9. The van der Waals surface area contributed by atoms with E-state index < -0.39 is 0 Å². The standard InChI is InChI=1S/C23H24BrFN2O2S/c1-14(2)26-23-27(15(3)4)22(28)21(30-23)12-17-11-18(24)9-10-20(17)29-13-16-7-5-6-8-19(16)25/h5-12,14-15H,13H2,1-4H3/b21-12+,26-23?. The van der Waals surface area contributed by atoms with Gasteiger partial charge in [-0.2, -0.15) is 0 Å². The molecule has 0 spiro atoms. The molecule has 30 heavy (non-hydrogen) atoms. The van der Waals surface area contributed by atoms with Crippen LogP contribution in [-0.2, 0) is 11.4 Å². The molecule has 4 nitrogen and oxygen atoms in total. The second-order valence-corrected chi connectivity index (χ2v) is 9.37. The van der Waals surface area contributed by atoms with E-state index in [-0.39, 0.29) is 30.4 Å². The van der Waals surface area contributed by atoms with Gasteiger partial charge in [-0.05, 0) is 69.8 Å². The van der Waals surface area contributed by atoms with E-state index in [1.165, 1.54) is 17.8 Å². The SMILES string of the molecule is CC(C)N=C1S/C(=C/c2cc(Br)ccc2OCc2ccccc2F)C(=O)N1C(C)C. The van der Waals surface area contributed by atoms with Crippen molar-refractivity contribution in [2.45, 2.75) is 46.4 Å². The number of carbonyl (C=O) groups is 1. The minimum atomic E-state index is -0.307. The van der Waals surface area contributed by atoms with Gasteiger partial charge < -0.3 is 4.74 Å². The van der Waals surface area contributed by atoms with E-state index >= 15 is 0 Å². The van der Waals surface area contributed by atoms with Crippen molar-refractivity contribution in [1.82, 2.24) is 4.90 Å². The average Bonchev–Trinajstić information content (AvgIpc) is 2.96. The zero-order chi connectivity index (χ0) is 21.8. The molecule has 3 rings (SSSR count). The number of aliphatic imine (C=N–C) groups is 1. The van der Waals surface area contributed by atoms with Gasteiger partial charge in [0.1, 0.15) is 18.2 Å². The molecule has 1 fully saturated rings. The lowest BCUT2D eigenvalue weighted by Gasteiger charge is -2.20. The molecule has 7 heteroatoms. The maximum absolute atomic E-state index is 13.9. The van der Waals surface area contributed by atoms with Crippen molar-refractivity contribution < 1.29 is 13.9 Å². The van der Waals surface area contributed by atoms with Gasteiger partial charge in [0.05, 0.1) is 4.91 Å². The van der Waals surface area contributed by atoms with Crippen molar-refractivity contribution in [2.24, 2.45) is 4.99 Å². The zero-order valence-electron chi connectivity index (χ0n) is 17.4. The van der Waals surface area contributed by atoms with Gasteiger partial charge in [-0.25, -0.2) is 4.39 Å². The monoisotopic (exact) mass is 490 g/mol. The van der Waals surface area contributed by atoms with Crippen molar-refractivity contribution >= 4 is 44.8 Å². The normalized spacial score (nSPS) is 17.1. The topological polar surface area (TPSA) is 41.9 Å². The molecule has 1 aliphatic heterocycles. The number of thioether (sulfide) groups is 1. The number of amides is 1. The van der Waals surface area contributed by atoms with Gasteiger partial charge in [-0.1, -0.05) is 34.1 Å². The van der Waals surface area contributed by atoms with Gasteiger partial charge in [0.2, 0.25) is 0 Å². The lowest BCUT2D eigenvalue weighted by atomic mass is 10.1. The Bertz CT molecular complexity index is 1000. The highest BCUT2D eigenvalue weighted by Gasteiger charge is 2.35. The molecule has 0 aliphatic carbocycles. The van der Waals surface area contributed by atoms with Gasteiger partial charge >= 0.3 is 0 Å². The number of carbonyl (C=O) groups excluding carboxylic acids is 1. The highest BCUT2D eigenvalue weighted by molar-refractivity contribution is 9.10. The number of ether oxygens (including phenoxy) is 1. The lowest BCUT2D eigenvalue weighted by Crippen LogP contribution is -2.35. The molecule has 1 saturated heterocycles. The fourth-order valence-corrected chi connectivity index (χ4v) is 4.53. The second kappa shape index (κ2) is 9.79. The predicted octanol–water partition coefficient (Wildman–Crippen LogP) is 6.26. The van der Waals surface area contributed by atoms with Crippen LogP contribution in [0, 0.1) is 5.82 Å². The summed E-state index contributed by atoms with van der Waals surface area (Å²) in [5, 5.41) is 0.708. The van der Waals surface area contributed by atoms with E-state index in [1.54, 1.807) is 23.1 Å². The lowest BCUT2D eigenvalue weighted by molar-refractivity contribution is -0.123. The Balaban J connectivity index is 1.92. The van der Waals surface area contributed by atoms with Crippen LogP contribution in [0.4, 0.5) is 4.39 Å². The largest absolute Gasteiger partial charge is 0.488 e. The van der Waals surface area contributed by atoms with Gasteiger partial charge in [-0.15, -0.1) is 0 Å². The number of hydrogen-bond donors (Lipinski definition) is 0. The van der Waals surface area contributed by atoms with E-state index in [9.17, 15) is 9.18 Å². The molecule has 0 unspecified atom stereocenters. The van der Waals surface area contributed by atoms with Crippen LogP contribution in [0.5, 0.6) is 5.75 Å². The third-order valence-corrected chi connectivity index (χ3v) is 5.81. The summed E-state index contributed by atoms with van der Waals surface area (Å²) in [6.45, 7) is 8.02. The van der Waals surface area contributed by atoms with Crippen LogP contribution in [0.25, 0.3) is 6.08 Å². The average molecular weight is 491 g/mol. The molecule has 0 bridgehead atoms. The van der Waals surface area contributed by atoms with E-state index in [0.29, 0.717) is 21.4 Å². The first-order chi connectivity index (χ1) is 14.3. The summed E-state index contributed by atoms with van der Waals surface area (Å²) in [6, 6.07) is 12.2. The zero-order valence-corrected chi connectivity index (χ0v) is 19.8. The summed E-state index contributed by atoms with van der Waals surface area (Å²) < 4.78 is 20.7. The van der Waals surface area contributed by atoms with Crippen LogP contribution in [0.3, 0.4) is 0 Å². The Kier molecular flexibility index (Phi) is 7.36. The summed E-state index contributed by atoms with van der Waals surface area (Å²) in [7, 11) is 0. The number of benzene rings is 2. The number of hydrogen-bond acceptors (Lipinski definition) is 4. The van der Waals surface area contributed by atoms with Gasteiger partial charge in [0.15, 0.2) is 5.17 Å². The maximum atomic E-state index is 13.9. The highest BCUT2D eigenvalue weighted by Crippen LogP contribution is 2.36. The molecule has 1 aliphatic rings.